The second-order valence-corrected chi connectivity index (χ2v) is 9.05. The lowest BCUT2D eigenvalue weighted by molar-refractivity contribution is 0.532. The zero-order valence-electron chi connectivity index (χ0n) is 18.8. The minimum atomic E-state index is -0.0406. The Morgan fingerprint density at radius 3 is 2.29 bits per heavy atom. The molecule has 6 rings (SSSR count). The Labute approximate surface area is 203 Å². The molecular weight excluding hydrogens is 440 g/mol. The van der Waals surface area contributed by atoms with Gasteiger partial charge in [0.1, 0.15) is 11.2 Å². The molecule has 4 heteroatoms. The molecule has 0 aliphatic carbocycles. The number of furan rings is 1. The first-order valence-electron chi connectivity index (χ1n) is 11.6. The van der Waals surface area contributed by atoms with Crippen LogP contribution in [0.25, 0.3) is 21.9 Å². The fraction of sp³-hybridized carbons (Fsp3) is 0.133. The largest absolute Gasteiger partial charge is 0.456 e. The number of rotatable bonds is 4. The third kappa shape index (κ3) is 3.53. The van der Waals surface area contributed by atoms with Crippen molar-refractivity contribution in [1.29, 1.82) is 0 Å². The molecule has 2 unspecified atom stereocenters. The van der Waals surface area contributed by atoms with Crippen LogP contribution in [-0.4, -0.2) is 11.5 Å². The number of halogens is 1. The summed E-state index contributed by atoms with van der Waals surface area (Å²) in [5.41, 5.74) is 5.84. The van der Waals surface area contributed by atoms with Gasteiger partial charge in [0.2, 0.25) is 0 Å². The van der Waals surface area contributed by atoms with Gasteiger partial charge in [-0.2, -0.15) is 0 Å². The Morgan fingerprint density at radius 2 is 1.53 bits per heavy atom. The second kappa shape index (κ2) is 8.58. The number of amidine groups is 1. The summed E-state index contributed by atoms with van der Waals surface area (Å²) in [6, 6.07) is 32.8. The van der Waals surface area contributed by atoms with Crippen LogP contribution in [0.15, 0.2) is 111 Å². The number of nitrogens with zero attached hydrogens (tertiary/aromatic N) is 2. The van der Waals surface area contributed by atoms with E-state index in [4.69, 9.17) is 26.0 Å². The van der Waals surface area contributed by atoms with Crippen molar-refractivity contribution in [2.75, 3.05) is 0 Å². The molecule has 1 aromatic heterocycles. The summed E-state index contributed by atoms with van der Waals surface area (Å²) in [5, 5.41) is 2.64. The second-order valence-electron chi connectivity index (χ2n) is 8.61. The highest BCUT2D eigenvalue weighted by molar-refractivity contribution is 6.33. The summed E-state index contributed by atoms with van der Waals surface area (Å²) in [7, 11) is 0. The van der Waals surface area contributed by atoms with Gasteiger partial charge >= 0.3 is 0 Å². The third-order valence-corrected chi connectivity index (χ3v) is 6.77. The van der Waals surface area contributed by atoms with Crippen molar-refractivity contribution < 1.29 is 4.42 Å². The van der Waals surface area contributed by atoms with E-state index in [1.807, 2.05) is 42.5 Å². The Hall–Kier alpha value is -3.69. The number of para-hydroxylation sites is 1. The Morgan fingerprint density at radius 1 is 0.824 bits per heavy atom. The molecule has 4 aromatic carbocycles. The summed E-state index contributed by atoms with van der Waals surface area (Å²) in [6.07, 6.45) is 0.934. The van der Waals surface area contributed by atoms with E-state index in [-0.39, 0.29) is 12.0 Å². The van der Waals surface area contributed by atoms with E-state index in [0.717, 1.165) is 45.2 Å². The lowest BCUT2D eigenvalue weighted by atomic mass is 9.83. The predicted molar refractivity (Wildman–Crippen MR) is 141 cm³/mol. The first kappa shape index (κ1) is 20.9. The van der Waals surface area contributed by atoms with Crippen LogP contribution in [0.3, 0.4) is 0 Å². The molecule has 0 N–H and O–H groups in total. The van der Waals surface area contributed by atoms with Crippen LogP contribution in [0, 0.1) is 5.92 Å². The molecule has 34 heavy (non-hydrogen) atoms. The van der Waals surface area contributed by atoms with E-state index < -0.39 is 0 Å². The summed E-state index contributed by atoms with van der Waals surface area (Å²) in [6.45, 7) is 2.21. The van der Waals surface area contributed by atoms with Crippen molar-refractivity contribution in [2.24, 2.45) is 15.9 Å². The van der Waals surface area contributed by atoms with Gasteiger partial charge in [-0.1, -0.05) is 97.4 Å². The van der Waals surface area contributed by atoms with Gasteiger partial charge in [0.25, 0.3) is 0 Å². The molecule has 166 valence electrons. The SMILES string of the molecule is CCC1C(c2ccccc2)=NC(c2cc(Cl)cc3oc4ccccc4c23)=NC1c1ccccc1. The number of fused-ring (bicyclic) bond motifs is 3. The quantitative estimate of drug-likeness (QED) is 0.265. The van der Waals surface area contributed by atoms with Crippen LogP contribution < -0.4 is 0 Å². The average molecular weight is 463 g/mol. The zero-order valence-corrected chi connectivity index (χ0v) is 19.5. The van der Waals surface area contributed by atoms with Gasteiger partial charge < -0.3 is 4.42 Å². The van der Waals surface area contributed by atoms with Gasteiger partial charge in [-0.3, -0.25) is 4.99 Å². The normalized spacial score (nSPS) is 18.2. The van der Waals surface area contributed by atoms with Crippen LogP contribution in [0.2, 0.25) is 5.02 Å². The van der Waals surface area contributed by atoms with E-state index in [1.165, 1.54) is 5.56 Å². The third-order valence-electron chi connectivity index (χ3n) is 6.55. The van der Waals surface area contributed by atoms with Crippen molar-refractivity contribution in [3.05, 3.63) is 119 Å². The lowest BCUT2D eigenvalue weighted by Gasteiger charge is -2.30. The van der Waals surface area contributed by atoms with Crippen LogP contribution in [0.1, 0.15) is 36.1 Å². The highest BCUT2D eigenvalue weighted by atomic mass is 35.5. The maximum atomic E-state index is 6.57. The van der Waals surface area contributed by atoms with Gasteiger partial charge in [-0.15, -0.1) is 0 Å². The summed E-state index contributed by atoms with van der Waals surface area (Å²) in [5.74, 6) is 0.862. The maximum Gasteiger partial charge on any atom is 0.156 e. The molecule has 0 fully saturated rings. The van der Waals surface area contributed by atoms with Crippen molar-refractivity contribution in [1.82, 2.24) is 0 Å². The van der Waals surface area contributed by atoms with Gasteiger partial charge in [0, 0.05) is 33.3 Å². The standard InChI is InChI=1S/C30H23ClN2O/c1-2-22-28(19-11-5-3-6-12-19)32-30(33-29(22)20-13-7-4-8-14-20)24-17-21(31)18-26-27(24)23-15-9-10-16-25(23)34-26/h3-18,22,28H,2H2,1H3. The van der Waals surface area contributed by atoms with Crippen LogP contribution >= 0.6 is 11.6 Å². The van der Waals surface area contributed by atoms with Crippen LogP contribution in [0.4, 0.5) is 0 Å². The van der Waals surface area contributed by atoms with Crippen molar-refractivity contribution in [3.8, 4) is 0 Å². The van der Waals surface area contributed by atoms with Crippen LogP contribution in [-0.2, 0) is 0 Å². The smallest absolute Gasteiger partial charge is 0.156 e. The predicted octanol–water partition coefficient (Wildman–Crippen LogP) is 8.26. The lowest BCUT2D eigenvalue weighted by Crippen LogP contribution is -2.28. The van der Waals surface area contributed by atoms with E-state index in [2.05, 4.69) is 61.5 Å². The molecular formula is C30H23ClN2O. The molecule has 3 nitrogen and oxygen atoms in total. The molecule has 0 bridgehead atoms. The summed E-state index contributed by atoms with van der Waals surface area (Å²) < 4.78 is 6.14. The monoisotopic (exact) mass is 462 g/mol. The van der Waals surface area contributed by atoms with Gasteiger partial charge in [-0.25, -0.2) is 4.99 Å². The van der Waals surface area contributed by atoms with E-state index >= 15 is 0 Å². The Kier molecular flexibility index (Phi) is 5.27. The minimum absolute atomic E-state index is 0.0406. The zero-order chi connectivity index (χ0) is 23.1. The summed E-state index contributed by atoms with van der Waals surface area (Å²) >= 11 is 6.57. The number of hydrogen-bond donors (Lipinski definition) is 0. The van der Waals surface area contributed by atoms with E-state index in [0.29, 0.717) is 10.9 Å². The molecule has 0 saturated heterocycles. The molecule has 1 aliphatic heterocycles. The van der Waals surface area contributed by atoms with Crippen LogP contribution in [0.5, 0.6) is 0 Å². The van der Waals surface area contributed by atoms with Gasteiger partial charge in [-0.05, 0) is 29.7 Å². The molecule has 0 amide bonds. The van der Waals surface area contributed by atoms with E-state index in [9.17, 15) is 0 Å². The van der Waals surface area contributed by atoms with Gasteiger partial charge in [0.15, 0.2) is 5.84 Å². The van der Waals surface area contributed by atoms with Gasteiger partial charge in [0.05, 0.1) is 11.8 Å². The number of benzene rings is 4. The number of aliphatic imine (C=N–C) groups is 2. The highest BCUT2D eigenvalue weighted by Gasteiger charge is 2.32. The molecule has 2 atom stereocenters. The first-order chi connectivity index (χ1) is 16.7. The Balaban J connectivity index is 1.64. The topological polar surface area (TPSA) is 37.9 Å². The average Bonchev–Trinajstić information content (AvgIpc) is 3.26. The van der Waals surface area contributed by atoms with E-state index in [1.54, 1.807) is 0 Å². The molecule has 0 spiro atoms. The molecule has 0 radical (unpaired) electrons. The summed E-state index contributed by atoms with van der Waals surface area (Å²) in [4.78, 5) is 10.5. The maximum absolute atomic E-state index is 6.57. The molecule has 1 aliphatic rings. The molecule has 5 aromatic rings. The number of hydrogen-bond acceptors (Lipinski definition) is 3. The fourth-order valence-electron chi connectivity index (χ4n) is 4.99. The molecule has 2 heterocycles. The Bertz CT molecular complexity index is 1550. The van der Waals surface area contributed by atoms with Crippen molar-refractivity contribution in [3.63, 3.8) is 0 Å². The molecule has 0 saturated carbocycles. The minimum Gasteiger partial charge on any atom is -0.456 e. The highest BCUT2D eigenvalue weighted by Crippen LogP contribution is 2.39. The first-order valence-corrected chi connectivity index (χ1v) is 12.0. The fourth-order valence-corrected chi connectivity index (χ4v) is 5.19. The van der Waals surface area contributed by atoms with Crippen molar-refractivity contribution in [2.45, 2.75) is 19.4 Å². The van der Waals surface area contributed by atoms with Crippen molar-refractivity contribution >= 4 is 45.1 Å².